The van der Waals surface area contributed by atoms with Crippen molar-refractivity contribution in [2.45, 2.75) is 19.5 Å². The van der Waals surface area contributed by atoms with Crippen LogP contribution >= 0.6 is 22.7 Å². The molecule has 3 aromatic rings. The number of thiophene rings is 2. The fourth-order valence-electron chi connectivity index (χ4n) is 2.17. The first-order valence-electron chi connectivity index (χ1n) is 6.82. The lowest BCUT2D eigenvalue weighted by molar-refractivity contribution is 0.575. The van der Waals surface area contributed by atoms with Crippen LogP contribution in [-0.2, 0) is 6.54 Å². The van der Waals surface area contributed by atoms with E-state index in [-0.39, 0.29) is 11.9 Å². The van der Waals surface area contributed by atoms with Gasteiger partial charge in [-0.25, -0.2) is 4.39 Å². The van der Waals surface area contributed by atoms with Crippen molar-refractivity contribution in [3.05, 3.63) is 69.5 Å². The molecule has 0 fully saturated rings. The molecule has 1 aromatic carbocycles. The highest BCUT2D eigenvalue weighted by molar-refractivity contribution is 7.14. The number of nitrogens with one attached hydrogen (secondary N) is 1. The van der Waals surface area contributed by atoms with Crippen molar-refractivity contribution < 1.29 is 4.39 Å². The van der Waals surface area contributed by atoms with Crippen LogP contribution in [-0.4, -0.2) is 0 Å². The fourth-order valence-corrected chi connectivity index (χ4v) is 3.79. The molecule has 2 aromatic heterocycles. The lowest BCUT2D eigenvalue weighted by atomic mass is 10.1. The normalized spacial score (nSPS) is 12.5. The van der Waals surface area contributed by atoms with Crippen LogP contribution in [0.3, 0.4) is 0 Å². The minimum absolute atomic E-state index is 0.190. The molecule has 21 heavy (non-hydrogen) atoms. The van der Waals surface area contributed by atoms with Gasteiger partial charge >= 0.3 is 0 Å². The molecule has 1 N–H and O–H groups in total. The third kappa shape index (κ3) is 3.59. The van der Waals surface area contributed by atoms with Gasteiger partial charge in [0.2, 0.25) is 0 Å². The van der Waals surface area contributed by atoms with E-state index in [0.717, 1.165) is 12.1 Å². The largest absolute Gasteiger partial charge is 0.305 e. The molecule has 0 aliphatic heterocycles. The minimum Gasteiger partial charge on any atom is -0.305 e. The van der Waals surface area contributed by atoms with Crippen molar-refractivity contribution in [1.82, 2.24) is 5.32 Å². The summed E-state index contributed by atoms with van der Waals surface area (Å²) in [6.07, 6.45) is 0. The molecule has 0 aliphatic rings. The molecule has 0 radical (unpaired) electrons. The summed E-state index contributed by atoms with van der Waals surface area (Å²) in [6.45, 7) is 2.93. The maximum atomic E-state index is 12.9. The van der Waals surface area contributed by atoms with E-state index in [1.807, 2.05) is 12.1 Å². The molecule has 0 bridgehead atoms. The summed E-state index contributed by atoms with van der Waals surface area (Å²) >= 11 is 3.53. The zero-order chi connectivity index (χ0) is 14.7. The molecule has 0 aliphatic carbocycles. The quantitative estimate of drug-likeness (QED) is 0.658. The van der Waals surface area contributed by atoms with Crippen LogP contribution in [0.25, 0.3) is 10.4 Å². The summed E-state index contributed by atoms with van der Waals surface area (Å²) in [6, 6.07) is 13.3. The molecule has 1 nitrogen and oxygen atoms in total. The van der Waals surface area contributed by atoms with Crippen LogP contribution in [0.1, 0.15) is 23.4 Å². The Morgan fingerprint density at radius 2 is 1.95 bits per heavy atom. The van der Waals surface area contributed by atoms with Gasteiger partial charge in [0.1, 0.15) is 5.82 Å². The molecule has 0 amide bonds. The predicted octanol–water partition coefficient (Wildman–Crippen LogP) is 5.47. The van der Waals surface area contributed by atoms with E-state index in [4.69, 9.17) is 0 Å². The molecular weight excluding hydrogens is 301 g/mol. The Morgan fingerprint density at radius 1 is 1.14 bits per heavy atom. The highest BCUT2D eigenvalue weighted by atomic mass is 32.1. The Hall–Kier alpha value is -1.49. The second kappa shape index (κ2) is 6.52. The van der Waals surface area contributed by atoms with Crippen LogP contribution in [0.15, 0.2) is 53.2 Å². The molecule has 2 heterocycles. The molecule has 0 saturated carbocycles. The van der Waals surface area contributed by atoms with Crippen LogP contribution in [0.5, 0.6) is 0 Å². The van der Waals surface area contributed by atoms with E-state index < -0.39 is 0 Å². The van der Waals surface area contributed by atoms with Gasteiger partial charge in [0.15, 0.2) is 0 Å². The van der Waals surface area contributed by atoms with Crippen molar-refractivity contribution in [3.63, 3.8) is 0 Å². The van der Waals surface area contributed by atoms with E-state index in [0.29, 0.717) is 0 Å². The third-order valence-electron chi connectivity index (χ3n) is 3.41. The van der Waals surface area contributed by atoms with Gasteiger partial charge in [-0.2, -0.15) is 0 Å². The van der Waals surface area contributed by atoms with Gasteiger partial charge in [0, 0.05) is 27.9 Å². The Kier molecular flexibility index (Phi) is 4.48. The second-order valence-electron chi connectivity index (χ2n) is 4.93. The lowest BCUT2D eigenvalue weighted by Crippen LogP contribution is -2.17. The highest BCUT2D eigenvalue weighted by Crippen LogP contribution is 2.29. The number of hydrogen-bond acceptors (Lipinski definition) is 3. The summed E-state index contributed by atoms with van der Waals surface area (Å²) in [4.78, 5) is 2.62. The maximum absolute atomic E-state index is 12.9. The van der Waals surface area contributed by atoms with Gasteiger partial charge in [0.25, 0.3) is 0 Å². The highest BCUT2D eigenvalue weighted by Gasteiger charge is 2.07. The molecule has 0 unspecified atom stereocenters. The van der Waals surface area contributed by atoms with E-state index in [9.17, 15) is 4.39 Å². The summed E-state index contributed by atoms with van der Waals surface area (Å²) in [7, 11) is 0. The number of hydrogen-bond donors (Lipinski definition) is 1. The first-order valence-corrected chi connectivity index (χ1v) is 8.58. The van der Waals surface area contributed by atoms with Crippen molar-refractivity contribution in [2.24, 2.45) is 0 Å². The minimum atomic E-state index is -0.190. The Morgan fingerprint density at radius 3 is 2.67 bits per heavy atom. The smallest absolute Gasteiger partial charge is 0.123 e. The van der Waals surface area contributed by atoms with Crippen LogP contribution < -0.4 is 5.32 Å². The summed E-state index contributed by atoms with van der Waals surface area (Å²) in [5, 5.41) is 7.78. The SMILES string of the molecule is C[C@@H](NCc1cc(-c2cccs2)cs1)c1ccc(F)cc1. The first kappa shape index (κ1) is 14.4. The zero-order valence-electron chi connectivity index (χ0n) is 11.7. The van der Waals surface area contributed by atoms with Crippen molar-refractivity contribution in [1.29, 1.82) is 0 Å². The molecule has 0 saturated heterocycles. The van der Waals surface area contributed by atoms with Crippen molar-refractivity contribution in [2.75, 3.05) is 0 Å². The predicted molar refractivity (Wildman–Crippen MR) is 89.3 cm³/mol. The topological polar surface area (TPSA) is 12.0 Å². The van der Waals surface area contributed by atoms with Gasteiger partial charge in [-0.05, 0) is 47.5 Å². The Bertz CT molecular complexity index is 686. The standard InChI is InChI=1S/C17H16FNS2/c1-12(13-4-6-15(18)7-5-13)19-10-16-9-14(11-21-16)17-3-2-8-20-17/h2-9,11-12,19H,10H2,1H3/t12-/m1/s1. The van der Waals surface area contributed by atoms with E-state index >= 15 is 0 Å². The summed E-state index contributed by atoms with van der Waals surface area (Å²) in [5.41, 5.74) is 2.40. The number of rotatable bonds is 5. The van der Waals surface area contributed by atoms with Crippen molar-refractivity contribution in [3.8, 4) is 10.4 Å². The van der Waals surface area contributed by atoms with E-state index in [1.54, 1.807) is 22.7 Å². The maximum Gasteiger partial charge on any atom is 0.123 e. The zero-order valence-corrected chi connectivity index (χ0v) is 13.3. The van der Waals surface area contributed by atoms with Crippen molar-refractivity contribution >= 4 is 22.7 Å². The van der Waals surface area contributed by atoms with Gasteiger partial charge in [-0.1, -0.05) is 18.2 Å². The first-order chi connectivity index (χ1) is 10.2. The van der Waals surface area contributed by atoms with Crippen LogP contribution in [0, 0.1) is 5.82 Å². The van der Waals surface area contributed by atoms with Gasteiger partial charge in [-0.15, -0.1) is 22.7 Å². The third-order valence-corrected chi connectivity index (χ3v) is 5.27. The van der Waals surface area contributed by atoms with Gasteiger partial charge in [-0.3, -0.25) is 0 Å². The van der Waals surface area contributed by atoms with E-state index in [1.165, 1.54) is 27.5 Å². The molecule has 4 heteroatoms. The second-order valence-corrected chi connectivity index (χ2v) is 6.88. The van der Waals surface area contributed by atoms with E-state index in [2.05, 4.69) is 41.2 Å². The average Bonchev–Trinajstić information content (AvgIpc) is 3.16. The molecule has 0 spiro atoms. The fraction of sp³-hybridized carbons (Fsp3) is 0.176. The molecule has 108 valence electrons. The summed E-state index contributed by atoms with van der Waals surface area (Å²) < 4.78 is 12.9. The molecule has 3 rings (SSSR count). The molecular formula is C17H16FNS2. The Labute approximate surface area is 132 Å². The number of benzene rings is 1. The molecule has 1 atom stereocenters. The van der Waals surface area contributed by atoms with Gasteiger partial charge in [0.05, 0.1) is 0 Å². The average molecular weight is 317 g/mol. The van der Waals surface area contributed by atoms with Crippen LogP contribution in [0.4, 0.5) is 4.39 Å². The number of halogens is 1. The van der Waals surface area contributed by atoms with Crippen LogP contribution in [0.2, 0.25) is 0 Å². The van der Waals surface area contributed by atoms with Gasteiger partial charge < -0.3 is 5.32 Å². The lowest BCUT2D eigenvalue weighted by Gasteiger charge is -2.13. The Balaban J connectivity index is 1.61. The summed E-state index contributed by atoms with van der Waals surface area (Å²) in [5.74, 6) is -0.190. The monoisotopic (exact) mass is 317 g/mol.